The molecule has 0 unspecified atom stereocenters. The van der Waals surface area contributed by atoms with Crippen molar-refractivity contribution >= 4 is 21.6 Å². The van der Waals surface area contributed by atoms with Crippen LogP contribution in [0.2, 0.25) is 0 Å². The summed E-state index contributed by atoms with van der Waals surface area (Å²) < 4.78 is 38.7. The summed E-state index contributed by atoms with van der Waals surface area (Å²) in [4.78, 5) is 12.8. The van der Waals surface area contributed by atoms with Crippen LogP contribution in [0.25, 0.3) is 0 Å². The number of sulfonamides is 1. The number of hydrogen-bond acceptors (Lipinski definition) is 5. The molecule has 3 aromatic carbocycles. The summed E-state index contributed by atoms with van der Waals surface area (Å²) in [6.07, 6.45) is 0. The topological polar surface area (TPSA) is 84.9 Å². The molecule has 174 valence electrons. The molecular formula is C25H28N2O5S. The maximum Gasteiger partial charge on any atom is 0.264 e. The number of nitrogens with zero attached hydrogens (tertiary/aromatic N) is 1. The number of carbonyl (C=O) groups is 1. The van der Waals surface area contributed by atoms with Gasteiger partial charge < -0.3 is 14.8 Å². The van der Waals surface area contributed by atoms with E-state index in [-0.39, 0.29) is 24.6 Å². The summed E-state index contributed by atoms with van der Waals surface area (Å²) in [5, 5.41) is 2.74. The monoisotopic (exact) mass is 468 g/mol. The second-order valence-corrected chi connectivity index (χ2v) is 9.35. The van der Waals surface area contributed by atoms with E-state index in [9.17, 15) is 13.2 Å². The fourth-order valence-electron chi connectivity index (χ4n) is 3.23. The Balaban J connectivity index is 1.70. The molecule has 3 aromatic rings. The Kier molecular flexibility index (Phi) is 7.95. The predicted octanol–water partition coefficient (Wildman–Crippen LogP) is 3.70. The van der Waals surface area contributed by atoms with Crippen molar-refractivity contribution in [2.45, 2.75) is 18.7 Å². The van der Waals surface area contributed by atoms with E-state index in [2.05, 4.69) is 5.32 Å². The van der Waals surface area contributed by atoms with Gasteiger partial charge in [0.15, 0.2) is 0 Å². The Hall–Kier alpha value is -3.52. The number of nitrogens with one attached hydrogen (secondary N) is 1. The molecule has 0 radical (unpaired) electrons. The van der Waals surface area contributed by atoms with Gasteiger partial charge in [0.25, 0.3) is 10.0 Å². The zero-order valence-electron chi connectivity index (χ0n) is 18.9. The van der Waals surface area contributed by atoms with Crippen molar-refractivity contribution in [3.63, 3.8) is 0 Å². The molecule has 0 atom stereocenters. The summed E-state index contributed by atoms with van der Waals surface area (Å²) in [7, 11) is -2.35. The molecule has 1 N–H and O–H groups in total. The number of ether oxygens (including phenoxy) is 2. The Morgan fingerprint density at radius 3 is 2.27 bits per heavy atom. The minimum absolute atomic E-state index is 0.126. The minimum atomic E-state index is -3.94. The highest BCUT2D eigenvalue weighted by atomic mass is 32.2. The lowest BCUT2D eigenvalue weighted by Gasteiger charge is -2.26. The van der Waals surface area contributed by atoms with E-state index in [1.807, 2.05) is 26.0 Å². The second-order valence-electron chi connectivity index (χ2n) is 7.49. The lowest BCUT2D eigenvalue weighted by molar-refractivity contribution is -0.119. The molecule has 0 saturated heterocycles. The Morgan fingerprint density at radius 1 is 0.939 bits per heavy atom. The third kappa shape index (κ3) is 6.26. The van der Waals surface area contributed by atoms with Crippen LogP contribution in [-0.4, -0.2) is 41.1 Å². The quantitative estimate of drug-likeness (QED) is 0.459. The number of benzene rings is 3. The average molecular weight is 469 g/mol. The van der Waals surface area contributed by atoms with Crippen LogP contribution in [0.1, 0.15) is 11.1 Å². The Morgan fingerprint density at radius 2 is 1.61 bits per heavy atom. The molecule has 0 aliphatic rings. The third-order valence-electron chi connectivity index (χ3n) is 5.00. The van der Waals surface area contributed by atoms with Gasteiger partial charge in [0, 0.05) is 0 Å². The Labute approximate surface area is 195 Å². The van der Waals surface area contributed by atoms with Gasteiger partial charge in [-0.3, -0.25) is 9.10 Å². The molecule has 0 saturated carbocycles. The smallest absolute Gasteiger partial charge is 0.264 e. The molecule has 0 fully saturated rings. The zero-order chi connectivity index (χ0) is 23.8. The van der Waals surface area contributed by atoms with Crippen molar-refractivity contribution in [3.05, 3.63) is 83.9 Å². The molecular weight excluding hydrogens is 440 g/mol. The van der Waals surface area contributed by atoms with Crippen molar-refractivity contribution < 1.29 is 22.7 Å². The SMILES string of the molecule is COc1ccc(OCCNC(=O)CN(c2cc(C)ccc2C)S(=O)(=O)c2ccccc2)cc1. The van der Waals surface area contributed by atoms with Crippen molar-refractivity contribution in [3.8, 4) is 11.5 Å². The highest BCUT2D eigenvalue weighted by molar-refractivity contribution is 7.92. The summed E-state index contributed by atoms with van der Waals surface area (Å²) in [5.41, 5.74) is 2.14. The van der Waals surface area contributed by atoms with Crippen LogP contribution in [0, 0.1) is 13.8 Å². The molecule has 8 heteroatoms. The van der Waals surface area contributed by atoms with Gasteiger partial charge in [-0.25, -0.2) is 8.42 Å². The van der Waals surface area contributed by atoms with Crippen LogP contribution < -0.4 is 19.1 Å². The lowest BCUT2D eigenvalue weighted by Crippen LogP contribution is -2.42. The van der Waals surface area contributed by atoms with Gasteiger partial charge in [0.2, 0.25) is 5.91 Å². The van der Waals surface area contributed by atoms with E-state index >= 15 is 0 Å². The van der Waals surface area contributed by atoms with E-state index in [1.165, 1.54) is 12.1 Å². The molecule has 0 bridgehead atoms. The van der Waals surface area contributed by atoms with Crippen LogP contribution in [0.3, 0.4) is 0 Å². The van der Waals surface area contributed by atoms with Crippen molar-refractivity contribution in [1.82, 2.24) is 5.32 Å². The molecule has 0 aromatic heterocycles. The van der Waals surface area contributed by atoms with Gasteiger partial charge >= 0.3 is 0 Å². The number of aryl methyl sites for hydroxylation is 2. The zero-order valence-corrected chi connectivity index (χ0v) is 19.8. The molecule has 1 amide bonds. The third-order valence-corrected chi connectivity index (χ3v) is 6.78. The Bertz CT molecular complexity index is 1180. The van der Waals surface area contributed by atoms with Gasteiger partial charge in [-0.1, -0.05) is 30.3 Å². The number of amides is 1. The maximum atomic E-state index is 13.4. The van der Waals surface area contributed by atoms with E-state index in [0.717, 1.165) is 21.2 Å². The summed E-state index contributed by atoms with van der Waals surface area (Å²) >= 11 is 0. The first-order valence-corrected chi connectivity index (χ1v) is 11.9. The van der Waals surface area contributed by atoms with Gasteiger partial charge in [0.05, 0.1) is 24.2 Å². The normalized spacial score (nSPS) is 11.0. The van der Waals surface area contributed by atoms with Crippen LogP contribution in [0.15, 0.2) is 77.7 Å². The van der Waals surface area contributed by atoms with E-state index in [4.69, 9.17) is 9.47 Å². The predicted molar refractivity (Wildman–Crippen MR) is 128 cm³/mol. The highest BCUT2D eigenvalue weighted by Gasteiger charge is 2.28. The van der Waals surface area contributed by atoms with E-state index in [1.54, 1.807) is 55.6 Å². The largest absolute Gasteiger partial charge is 0.497 e. The highest BCUT2D eigenvalue weighted by Crippen LogP contribution is 2.27. The molecule has 3 rings (SSSR count). The van der Waals surface area contributed by atoms with Gasteiger partial charge in [-0.05, 0) is 67.4 Å². The molecule has 7 nitrogen and oxygen atoms in total. The molecule has 33 heavy (non-hydrogen) atoms. The van der Waals surface area contributed by atoms with Crippen molar-refractivity contribution in [2.24, 2.45) is 0 Å². The van der Waals surface area contributed by atoms with Crippen molar-refractivity contribution in [1.29, 1.82) is 0 Å². The molecule has 0 aliphatic heterocycles. The number of hydrogen-bond donors (Lipinski definition) is 1. The number of carbonyl (C=O) groups excluding carboxylic acids is 1. The maximum absolute atomic E-state index is 13.4. The number of rotatable bonds is 10. The summed E-state index contributed by atoms with van der Waals surface area (Å²) in [5.74, 6) is 0.948. The first-order valence-electron chi connectivity index (χ1n) is 10.5. The lowest BCUT2D eigenvalue weighted by atomic mass is 10.1. The standard InChI is InChI=1S/C25H28N2O5S/c1-19-9-10-20(2)24(17-19)27(33(29,30)23-7-5-4-6-8-23)18-25(28)26-15-16-32-22-13-11-21(31-3)12-14-22/h4-14,17H,15-16,18H2,1-3H3,(H,26,28). The molecule has 0 heterocycles. The van der Waals surface area contributed by atoms with E-state index < -0.39 is 15.9 Å². The number of methoxy groups -OCH3 is 1. The fraction of sp³-hybridized carbons (Fsp3) is 0.240. The fourth-order valence-corrected chi connectivity index (χ4v) is 4.72. The second kappa shape index (κ2) is 10.9. The van der Waals surface area contributed by atoms with Crippen LogP contribution in [-0.2, 0) is 14.8 Å². The minimum Gasteiger partial charge on any atom is -0.497 e. The molecule has 0 aliphatic carbocycles. The molecule has 0 spiro atoms. The van der Waals surface area contributed by atoms with Gasteiger partial charge in [-0.15, -0.1) is 0 Å². The average Bonchev–Trinajstić information content (AvgIpc) is 2.83. The first-order chi connectivity index (χ1) is 15.8. The van der Waals surface area contributed by atoms with Crippen LogP contribution in [0.4, 0.5) is 5.69 Å². The van der Waals surface area contributed by atoms with E-state index in [0.29, 0.717) is 11.4 Å². The van der Waals surface area contributed by atoms with Gasteiger partial charge in [0.1, 0.15) is 24.7 Å². The van der Waals surface area contributed by atoms with Gasteiger partial charge in [-0.2, -0.15) is 0 Å². The van der Waals surface area contributed by atoms with Crippen LogP contribution in [0.5, 0.6) is 11.5 Å². The summed E-state index contributed by atoms with van der Waals surface area (Å²) in [6, 6.07) is 20.7. The number of anilines is 1. The van der Waals surface area contributed by atoms with Crippen molar-refractivity contribution in [2.75, 3.05) is 31.1 Å². The summed E-state index contributed by atoms with van der Waals surface area (Å²) in [6.45, 7) is 3.84. The first kappa shape index (κ1) is 24.1. The van der Waals surface area contributed by atoms with Crippen LogP contribution >= 0.6 is 0 Å².